The van der Waals surface area contributed by atoms with Crippen LogP contribution in [0.5, 0.6) is 11.5 Å². The van der Waals surface area contributed by atoms with Crippen LogP contribution in [-0.4, -0.2) is 20.8 Å². The van der Waals surface area contributed by atoms with Gasteiger partial charge in [-0.2, -0.15) is 0 Å². The maximum atomic E-state index is 6.25. The zero-order valence-electron chi connectivity index (χ0n) is 10.2. The van der Waals surface area contributed by atoms with Gasteiger partial charge in [-0.15, -0.1) is 0 Å². The molecule has 5 heteroatoms. The van der Waals surface area contributed by atoms with Crippen LogP contribution in [0.4, 0.5) is 0 Å². The average molecular weight is 259 g/mol. The summed E-state index contributed by atoms with van der Waals surface area (Å²) in [6, 6.07) is 3.54. The maximum Gasteiger partial charge on any atom is 0.179 e. The minimum Gasteiger partial charge on any atom is -0.493 e. The van der Waals surface area contributed by atoms with E-state index in [1.54, 1.807) is 14.2 Å². The molecule has 0 spiro atoms. The number of nitrogens with two attached hydrogens (primary N) is 2. The van der Waals surface area contributed by atoms with Gasteiger partial charge in [0.25, 0.3) is 0 Å². The Balaban J connectivity index is 3.01. The molecule has 17 heavy (non-hydrogen) atoms. The van der Waals surface area contributed by atoms with E-state index in [1.807, 2.05) is 12.1 Å². The summed E-state index contributed by atoms with van der Waals surface area (Å²) in [5.74, 6) is 1.13. The van der Waals surface area contributed by atoms with E-state index in [2.05, 4.69) is 0 Å². The maximum absolute atomic E-state index is 6.25. The molecule has 0 unspecified atom stereocenters. The van der Waals surface area contributed by atoms with Crippen LogP contribution in [0.3, 0.4) is 0 Å². The minimum atomic E-state index is -0.133. The molecular weight excluding hydrogens is 240 g/mol. The number of benzene rings is 1. The number of methoxy groups -OCH3 is 2. The molecule has 0 saturated heterocycles. The third kappa shape index (κ3) is 3.25. The van der Waals surface area contributed by atoms with Crippen molar-refractivity contribution in [2.24, 2.45) is 11.5 Å². The second-order valence-corrected chi connectivity index (χ2v) is 4.12. The van der Waals surface area contributed by atoms with Gasteiger partial charge in [0.1, 0.15) is 0 Å². The molecule has 0 aliphatic heterocycles. The van der Waals surface area contributed by atoms with Gasteiger partial charge in [-0.05, 0) is 31.0 Å². The van der Waals surface area contributed by atoms with E-state index >= 15 is 0 Å². The van der Waals surface area contributed by atoms with Crippen molar-refractivity contribution in [1.82, 2.24) is 0 Å². The Morgan fingerprint density at radius 2 is 2.00 bits per heavy atom. The zero-order chi connectivity index (χ0) is 12.8. The van der Waals surface area contributed by atoms with Crippen LogP contribution < -0.4 is 20.9 Å². The van der Waals surface area contributed by atoms with E-state index in [9.17, 15) is 0 Å². The fourth-order valence-electron chi connectivity index (χ4n) is 1.68. The van der Waals surface area contributed by atoms with Gasteiger partial charge in [-0.25, -0.2) is 0 Å². The Bertz CT molecular complexity index is 372. The molecule has 0 saturated carbocycles. The predicted octanol–water partition coefficient (Wildman–Crippen LogP) is 2.10. The van der Waals surface area contributed by atoms with Gasteiger partial charge in [0.15, 0.2) is 11.5 Å². The van der Waals surface area contributed by atoms with Gasteiger partial charge < -0.3 is 20.9 Å². The molecular formula is C12H19ClN2O2. The lowest BCUT2D eigenvalue weighted by Gasteiger charge is -2.17. The van der Waals surface area contributed by atoms with Gasteiger partial charge in [0.2, 0.25) is 0 Å². The molecule has 0 fully saturated rings. The molecule has 0 aromatic heterocycles. The van der Waals surface area contributed by atoms with Crippen LogP contribution in [0.1, 0.15) is 24.4 Å². The van der Waals surface area contributed by atoms with Crippen LogP contribution in [0.25, 0.3) is 0 Å². The summed E-state index contributed by atoms with van der Waals surface area (Å²) < 4.78 is 10.4. The van der Waals surface area contributed by atoms with E-state index in [-0.39, 0.29) is 6.04 Å². The summed E-state index contributed by atoms with van der Waals surface area (Å²) in [4.78, 5) is 0. The van der Waals surface area contributed by atoms with Crippen LogP contribution in [0, 0.1) is 0 Å². The molecule has 0 radical (unpaired) electrons. The van der Waals surface area contributed by atoms with Crippen molar-refractivity contribution < 1.29 is 9.47 Å². The highest BCUT2D eigenvalue weighted by atomic mass is 35.5. The molecule has 0 amide bonds. The van der Waals surface area contributed by atoms with Crippen LogP contribution in [0.15, 0.2) is 12.1 Å². The summed E-state index contributed by atoms with van der Waals surface area (Å²) in [7, 11) is 3.13. The summed E-state index contributed by atoms with van der Waals surface area (Å²) in [5, 5.41) is 0.511. The first-order valence-corrected chi connectivity index (χ1v) is 5.89. The van der Waals surface area contributed by atoms with E-state index in [1.165, 1.54) is 0 Å². The van der Waals surface area contributed by atoms with Gasteiger partial charge >= 0.3 is 0 Å². The van der Waals surface area contributed by atoms with Crippen molar-refractivity contribution in [2.75, 3.05) is 20.8 Å². The third-order valence-corrected chi connectivity index (χ3v) is 3.02. The van der Waals surface area contributed by atoms with Crippen molar-refractivity contribution in [3.8, 4) is 11.5 Å². The largest absolute Gasteiger partial charge is 0.493 e. The van der Waals surface area contributed by atoms with E-state index in [0.29, 0.717) is 23.1 Å². The lowest BCUT2D eigenvalue weighted by atomic mass is 10.0. The van der Waals surface area contributed by atoms with Crippen LogP contribution >= 0.6 is 11.6 Å². The van der Waals surface area contributed by atoms with Gasteiger partial charge in [-0.1, -0.05) is 17.7 Å². The van der Waals surface area contributed by atoms with E-state index < -0.39 is 0 Å². The molecule has 0 bridgehead atoms. The number of ether oxygens (including phenoxy) is 2. The van der Waals surface area contributed by atoms with Gasteiger partial charge in [-0.3, -0.25) is 0 Å². The molecule has 96 valence electrons. The lowest BCUT2D eigenvalue weighted by Crippen LogP contribution is -2.13. The molecule has 4 nitrogen and oxygen atoms in total. The van der Waals surface area contributed by atoms with Crippen molar-refractivity contribution in [1.29, 1.82) is 0 Å². The third-order valence-electron chi connectivity index (χ3n) is 2.63. The molecule has 0 aliphatic carbocycles. The molecule has 1 aromatic rings. The first-order chi connectivity index (χ1) is 8.15. The summed E-state index contributed by atoms with van der Waals surface area (Å²) in [6.07, 6.45) is 1.66. The first kappa shape index (κ1) is 14.1. The standard InChI is InChI=1S/C12H19ClN2O2/c1-16-10-6-5-8(9(15)4-3-7-14)11(13)12(10)17-2/h5-6,9H,3-4,7,14-15H2,1-2H3/t9-/m0/s1. The second-order valence-electron chi connectivity index (χ2n) is 3.74. The average Bonchev–Trinajstić information content (AvgIpc) is 2.35. The number of rotatable bonds is 6. The zero-order valence-corrected chi connectivity index (χ0v) is 11.0. The molecule has 0 heterocycles. The highest BCUT2D eigenvalue weighted by Gasteiger charge is 2.17. The molecule has 4 N–H and O–H groups in total. The quantitative estimate of drug-likeness (QED) is 0.820. The number of halogens is 1. The Kier molecular flexibility index (Phi) is 5.55. The second kappa shape index (κ2) is 6.69. The van der Waals surface area contributed by atoms with Gasteiger partial charge in [0.05, 0.1) is 19.2 Å². The van der Waals surface area contributed by atoms with E-state index in [4.69, 9.17) is 32.5 Å². The minimum absolute atomic E-state index is 0.133. The van der Waals surface area contributed by atoms with Crippen LogP contribution in [-0.2, 0) is 0 Å². The topological polar surface area (TPSA) is 70.5 Å². The highest BCUT2D eigenvalue weighted by Crippen LogP contribution is 2.39. The first-order valence-electron chi connectivity index (χ1n) is 5.51. The SMILES string of the molecule is COc1ccc([C@@H](N)CCCN)c(Cl)c1OC. The van der Waals surface area contributed by atoms with Crippen molar-refractivity contribution in [3.63, 3.8) is 0 Å². The Morgan fingerprint density at radius 1 is 1.29 bits per heavy atom. The van der Waals surface area contributed by atoms with Crippen molar-refractivity contribution in [3.05, 3.63) is 22.7 Å². The molecule has 1 aromatic carbocycles. The number of hydrogen-bond acceptors (Lipinski definition) is 4. The van der Waals surface area contributed by atoms with Crippen molar-refractivity contribution >= 4 is 11.6 Å². The summed E-state index contributed by atoms with van der Waals surface area (Å²) in [5.41, 5.74) is 12.4. The lowest BCUT2D eigenvalue weighted by molar-refractivity contribution is 0.354. The van der Waals surface area contributed by atoms with Crippen molar-refractivity contribution in [2.45, 2.75) is 18.9 Å². The highest BCUT2D eigenvalue weighted by molar-refractivity contribution is 6.33. The predicted molar refractivity (Wildman–Crippen MR) is 69.8 cm³/mol. The molecule has 1 atom stereocenters. The normalized spacial score (nSPS) is 12.3. The summed E-state index contributed by atoms with van der Waals surface area (Å²) >= 11 is 6.25. The van der Waals surface area contributed by atoms with Crippen LogP contribution in [0.2, 0.25) is 5.02 Å². The Labute approximate surface area is 107 Å². The van der Waals surface area contributed by atoms with E-state index in [0.717, 1.165) is 18.4 Å². The monoisotopic (exact) mass is 258 g/mol. The fraction of sp³-hybridized carbons (Fsp3) is 0.500. The number of hydrogen-bond donors (Lipinski definition) is 2. The Hall–Kier alpha value is -0.970. The smallest absolute Gasteiger partial charge is 0.179 e. The summed E-state index contributed by atoms with van der Waals surface area (Å²) in [6.45, 7) is 0.624. The molecule has 1 rings (SSSR count). The Morgan fingerprint density at radius 3 is 2.53 bits per heavy atom. The molecule has 0 aliphatic rings. The fourth-order valence-corrected chi connectivity index (χ4v) is 2.06. The van der Waals surface area contributed by atoms with Gasteiger partial charge in [0, 0.05) is 6.04 Å².